The second-order valence-corrected chi connectivity index (χ2v) is 5.03. The highest BCUT2D eigenvalue weighted by molar-refractivity contribution is 5.84. The standard InChI is InChI=1S/C11H19NO3/c1-10(2)7(8(13)15-4)5-6-11(10,3)9(12)14/h7H,5-6H2,1-4H3,(H2,12,14)/t7-,11+/m1/s1. The van der Waals surface area contributed by atoms with E-state index in [4.69, 9.17) is 10.5 Å². The lowest BCUT2D eigenvalue weighted by Gasteiger charge is -2.38. The van der Waals surface area contributed by atoms with E-state index in [1.54, 1.807) is 0 Å². The van der Waals surface area contributed by atoms with Gasteiger partial charge in [-0.2, -0.15) is 0 Å². The van der Waals surface area contributed by atoms with Crippen LogP contribution in [0.25, 0.3) is 0 Å². The van der Waals surface area contributed by atoms with Gasteiger partial charge in [0.05, 0.1) is 18.4 Å². The normalized spacial score (nSPS) is 33.7. The second-order valence-electron chi connectivity index (χ2n) is 5.03. The Balaban J connectivity index is 3.04. The topological polar surface area (TPSA) is 69.4 Å². The quantitative estimate of drug-likeness (QED) is 0.698. The molecule has 0 unspecified atom stereocenters. The van der Waals surface area contributed by atoms with Crippen LogP contribution in [0.2, 0.25) is 0 Å². The maximum Gasteiger partial charge on any atom is 0.309 e. The third-order valence-electron chi connectivity index (χ3n) is 4.26. The number of carbonyl (C=O) groups is 2. The van der Waals surface area contributed by atoms with Crippen molar-refractivity contribution < 1.29 is 14.3 Å². The van der Waals surface area contributed by atoms with Crippen molar-refractivity contribution in [3.05, 3.63) is 0 Å². The Morgan fingerprint density at radius 1 is 1.33 bits per heavy atom. The number of methoxy groups -OCH3 is 1. The molecule has 1 amide bonds. The lowest BCUT2D eigenvalue weighted by Crippen LogP contribution is -2.46. The molecule has 1 saturated carbocycles. The summed E-state index contributed by atoms with van der Waals surface area (Å²) in [5.74, 6) is -0.816. The van der Waals surface area contributed by atoms with E-state index >= 15 is 0 Å². The Morgan fingerprint density at radius 3 is 2.20 bits per heavy atom. The zero-order valence-corrected chi connectivity index (χ0v) is 9.79. The van der Waals surface area contributed by atoms with Crippen LogP contribution in [0, 0.1) is 16.7 Å². The minimum atomic E-state index is -0.619. The summed E-state index contributed by atoms with van der Waals surface area (Å²) in [7, 11) is 1.37. The van der Waals surface area contributed by atoms with Gasteiger partial charge in [-0.3, -0.25) is 9.59 Å². The van der Waals surface area contributed by atoms with Crippen LogP contribution in [0.4, 0.5) is 0 Å². The zero-order valence-electron chi connectivity index (χ0n) is 9.79. The van der Waals surface area contributed by atoms with Gasteiger partial charge < -0.3 is 10.5 Å². The Hall–Kier alpha value is -1.06. The molecule has 0 aromatic rings. The van der Waals surface area contributed by atoms with E-state index in [1.807, 2.05) is 20.8 Å². The first kappa shape index (κ1) is 12.0. The van der Waals surface area contributed by atoms with Crippen molar-refractivity contribution in [2.24, 2.45) is 22.5 Å². The average Bonchev–Trinajstić information content (AvgIpc) is 2.39. The molecule has 2 N–H and O–H groups in total. The minimum Gasteiger partial charge on any atom is -0.469 e. The SMILES string of the molecule is COC(=O)[C@H]1CC[C@@](C)(C(N)=O)C1(C)C. The van der Waals surface area contributed by atoms with Gasteiger partial charge in [0, 0.05) is 0 Å². The molecule has 4 nitrogen and oxygen atoms in total. The average molecular weight is 213 g/mol. The van der Waals surface area contributed by atoms with Gasteiger partial charge in [-0.25, -0.2) is 0 Å². The van der Waals surface area contributed by atoms with Crippen molar-refractivity contribution in [1.29, 1.82) is 0 Å². The predicted octanol–water partition coefficient (Wildman–Crippen LogP) is 1.09. The van der Waals surface area contributed by atoms with Gasteiger partial charge in [-0.1, -0.05) is 20.8 Å². The van der Waals surface area contributed by atoms with Gasteiger partial charge in [-0.05, 0) is 18.3 Å². The first-order chi connectivity index (χ1) is 6.77. The summed E-state index contributed by atoms with van der Waals surface area (Å²) in [5, 5.41) is 0. The van der Waals surface area contributed by atoms with Crippen LogP contribution in [0.5, 0.6) is 0 Å². The van der Waals surface area contributed by atoms with Crippen molar-refractivity contribution in [1.82, 2.24) is 0 Å². The van der Waals surface area contributed by atoms with Crippen LogP contribution < -0.4 is 5.73 Å². The van der Waals surface area contributed by atoms with E-state index in [2.05, 4.69) is 0 Å². The van der Waals surface area contributed by atoms with Crippen molar-refractivity contribution in [3.63, 3.8) is 0 Å². The van der Waals surface area contributed by atoms with E-state index in [1.165, 1.54) is 7.11 Å². The largest absolute Gasteiger partial charge is 0.469 e. The molecule has 0 heterocycles. The van der Waals surface area contributed by atoms with Gasteiger partial charge >= 0.3 is 5.97 Å². The number of hydrogen-bond donors (Lipinski definition) is 1. The molecule has 2 atom stereocenters. The van der Waals surface area contributed by atoms with Gasteiger partial charge in [0.1, 0.15) is 0 Å². The molecule has 0 aliphatic heterocycles. The Morgan fingerprint density at radius 2 is 1.87 bits per heavy atom. The van der Waals surface area contributed by atoms with Crippen LogP contribution >= 0.6 is 0 Å². The first-order valence-corrected chi connectivity index (χ1v) is 5.15. The minimum absolute atomic E-state index is 0.236. The molecular weight excluding hydrogens is 194 g/mol. The highest BCUT2D eigenvalue weighted by atomic mass is 16.5. The van der Waals surface area contributed by atoms with Crippen LogP contribution in [0.1, 0.15) is 33.6 Å². The fourth-order valence-corrected chi connectivity index (χ4v) is 2.50. The number of hydrogen-bond acceptors (Lipinski definition) is 3. The Bertz CT molecular complexity index is 298. The number of esters is 1. The molecule has 0 saturated heterocycles. The summed E-state index contributed by atoms with van der Waals surface area (Å²) in [6.07, 6.45) is 1.31. The summed E-state index contributed by atoms with van der Waals surface area (Å²) in [4.78, 5) is 23.0. The third kappa shape index (κ3) is 1.52. The van der Waals surface area contributed by atoms with E-state index in [0.717, 1.165) is 0 Å². The van der Waals surface area contributed by atoms with Crippen molar-refractivity contribution in [2.75, 3.05) is 7.11 Å². The number of carbonyl (C=O) groups excluding carboxylic acids is 2. The molecule has 86 valence electrons. The van der Waals surface area contributed by atoms with Crippen molar-refractivity contribution in [3.8, 4) is 0 Å². The van der Waals surface area contributed by atoms with Crippen molar-refractivity contribution >= 4 is 11.9 Å². The molecule has 0 aromatic carbocycles. The van der Waals surface area contributed by atoms with Crippen LogP contribution in [-0.2, 0) is 14.3 Å². The highest BCUT2D eigenvalue weighted by Gasteiger charge is 2.57. The summed E-state index contributed by atoms with van der Waals surface area (Å²) in [6, 6.07) is 0. The number of primary amides is 1. The molecule has 15 heavy (non-hydrogen) atoms. The maximum atomic E-state index is 11.6. The zero-order chi connectivity index (χ0) is 11.9. The predicted molar refractivity (Wildman–Crippen MR) is 55.8 cm³/mol. The third-order valence-corrected chi connectivity index (χ3v) is 4.26. The van der Waals surface area contributed by atoms with E-state index in [9.17, 15) is 9.59 Å². The van der Waals surface area contributed by atoms with Gasteiger partial charge in [0.25, 0.3) is 0 Å². The molecule has 0 radical (unpaired) electrons. The van der Waals surface area contributed by atoms with Crippen LogP contribution in [-0.4, -0.2) is 19.0 Å². The number of nitrogens with two attached hydrogens (primary N) is 1. The van der Waals surface area contributed by atoms with Gasteiger partial charge in [0.2, 0.25) is 5.91 Å². The summed E-state index contributed by atoms with van der Waals surface area (Å²) in [6.45, 7) is 5.65. The molecule has 0 spiro atoms. The molecule has 1 aliphatic rings. The second kappa shape index (κ2) is 3.51. The highest BCUT2D eigenvalue weighted by Crippen LogP contribution is 2.55. The molecule has 1 rings (SSSR count). The lowest BCUT2D eigenvalue weighted by molar-refractivity contribution is -0.151. The summed E-state index contributed by atoms with van der Waals surface area (Å²) in [5.41, 5.74) is 4.36. The molecule has 0 aromatic heterocycles. The van der Waals surface area contributed by atoms with Crippen molar-refractivity contribution in [2.45, 2.75) is 33.6 Å². The number of amides is 1. The van der Waals surface area contributed by atoms with E-state index < -0.39 is 10.8 Å². The molecule has 1 aliphatic carbocycles. The number of rotatable bonds is 2. The van der Waals surface area contributed by atoms with Gasteiger partial charge in [-0.15, -0.1) is 0 Å². The Kier molecular flexibility index (Phi) is 2.81. The monoisotopic (exact) mass is 213 g/mol. The molecule has 4 heteroatoms. The number of ether oxygens (including phenoxy) is 1. The molecule has 1 fully saturated rings. The maximum absolute atomic E-state index is 11.6. The van der Waals surface area contributed by atoms with E-state index in [-0.39, 0.29) is 17.8 Å². The first-order valence-electron chi connectivity index (χ1n) is 5.15. The van der Waals surface area contributed by atoms with Crippen LogP contribution in [0.15, 0.2) is 0 Å². The van der Waals surface area contributed by atoms with E-state index in [0.29, 0.717) is 12.8 Å². The van der Waals surface area contributed by atoms with Gasteiger partial charge in [0.15, 0.2) is 0 Å². The fourth-order valence-electron chi connectivity index (χ4n) is 2.50. The smallest absolute Gasteiger partial charge is 0.309 e. The fraction of sp³-hybridized carbons (Fsp3) is 0.818. The summed E-state index contributed by atoms with van der Waals surface area (Å²) >= 11 is 0. The van der Waals surface area contributed by atoms with Crippen LogP contribution in [0.3, 0.4) is 0 Å². The lowest BCUT2D eigenvalue weighted by atomic mass is 9.65. The summed E-state index contributed by atoms with van der Waals surface area (Å²) < 4.78 is 4.75. The molecule has 0 bridgehead atoms. The molecular formula is C11H19NO3. The Labute approximate surface area is 90.2 Å².